The third-order valence-electron chi connectivity index (χ3n) is 6.81. The Balaban J connectivity index is 1.47. The first-order chi connectivity index (χ1) is 16.9. The van der Waals surface area contributed by atoms with Gasteiger partial charge in [-0.2, -0.15) is 8.61 Å². The molecule has 5 rings (SSSR count). The molecule has 36 heavy (non-hydrogen) atoms. The molecule has 0 bridgehead atoms. The van der Waals surface area contributed by atoms with Crippen LogP contribution in [0, 0.1) is 0 Å². The second-order valence-corrected chi connectivity index (χ2v) is 13.8. The molecule has 1 aliphatic carbocycles. The molecule has 194 valence electrons. The monoisotopic (exact) mass is 534 g/mol. The Labute approximate surface area is 212 Å². The van der Waals surface area contributed by atoms with E-state index in [1.807, 2.05) is 27.7 Å². The van der Waals surface area contributed by atoms with E-state index in [1.165, 1.54) is 32.9 Å². The van der Waals surface area contributed by atoms with Crippen LogP contribution >= 0.6 is 0 Å². The maximum absolute atomic E-state index is 13.4. The van der Waals surface area contributed by atoms with Crippen molar-refractivity contribution in [2.75, 3.05) is 26.2 Å². The van der Waals surface area contributed by atoms with Crippen LogP contribution in [0.3, 0.4) is 0 Å². The molecule has 2 fully saturated rings. The standard InChI is InChI=1S/C25H30N2O7S2/c1-15-11-26(12-16(2)33-15)35(29,30)19-5-7-21-22-8-6-20(10-24(22)25(28)23(21)9-19)36(31,32)27-13-17(3)34-18(4)14-27/h5-10,15-18H,11-14H2,1-4H3. The minimum atomic E-state index is -3.83. The lowest BCUT2D eigenvalue weighted by Crippen LogP contribution is -2.48. The van der Waals surface area contributed by atoms with E-state index in [9.17, 15) is 21.6 Å². The van der Waals surface area contributed by atoms with Gasteiger partial charge in [-0.05, 0) is 63.1 Å². The van der Waals surface area contributed by atoms with Crippen LogP contribution in [0.5, 0.6) is 0 Å². The molecule has 0 N–H and O–H groups in total. The highest BCUT2D eigenvalue weighted by molar-refractivity contribution is 7.89. The van der Waals surface area contributed by atoms with Gasteiger partial charge in [0.25, 0.3) is 0 Å². The van der Waals surface area contributed by atoms with E-state index in [2.05, 4.69) is 0 Å². The maximum atomic E-state index is 13.4. The molecular weight excluding hydrogens is 504 g/mol. The molecule has 2 aromatic rings. The number of carbonyl (C=O) groups is 1. The molecular formula is C25H30N2O7S2. The summed E-state index contributed by atoms with van der Waals surface area (Å²) in [4.78, 5) is 13.4. The molecule has 0 amide bonds. The molecule has 3 aliphatic rings. The van der Waals surface area contributed by atoms with Crippen molar-refractivity contribution in [3.63, 3.8) is 0 Å². The van der Waals surface area contributed by atoms with Crippen LogP contribution in [0.15, 0.2) is 46.2 Å². The predicted octanol–water partition coefficient (Wildman–Crippen LogP) is 2.49. The van der Waals surface area contributed by atoms with Gasteiger partial charge in [0.1, 0.15) is 0 Å². The van der Waals surface area contributed by atoms with E-state index in [-0.39, 0.29) is 77.3 Å². The summed E-state index contributed by atoms with van der Waals surface area (Å²) in [6.45, 7) is 8.23. The number of morpholine rings is 2. The first-order valence-corrected chi connectivity index (χ1v) is 14.9. The summed E-state index contributed by atoms with van der Waals surface area (Å²) in [7, 11) is -7.66. The van der Waals surface area contributed by atoms with Crippen molar-refractivity contribution in [2.24, 2.45) is 0 Å². The molecule has 2 aliphatic heterocycles. The first kappa shape index (κ1) is 25.5. The zero-order valence-corrected chi connectivity index (χ0v) is 22.3. The van der Waals surface area contributed by atoms with Gasteiger partial charge < -0.3 is 9.47 Å². The molecule has 0 saturated carbocycles. The van der Waals surface area contributed by atoms with Gasteiger partial charge in [0.05, 0.1) is 34.2 Å². The van der Waals surface area contributed by atoms with Gasteiger partial charge in [0.15, 0.2) is 5.78 Å². The molecule has 0 aromatic heterocycles. The Hall–Kier alpha value is -2.15. The summed E-state index contributed by atoms with van der Waals surface area (Å²) in [6.07, 6.45) is -0.938. The average molecular weight is 535 g/mol. The number of rotatable bonds is 4. The van der Waals surface area contributed by atoms with Crippen LogP contribution < -0.4 is 0 Å². The van der Waals surface area contributed by atoms with Gasteiger partial charge in [-0.3, -0.25) is 4.79 Å². The van der Waals surface area contributed by atoms with E-state index >= 15 is 0 Å². The van der Waals surface area contributed by atoms with Crippen LogP contribution in [-0.2, 0) is 29.5 Å². The largest absolute Gasteiger partial charge is 0.373 e. The first-order valence-electron chi connectivity index (χ1n) is 12.0. The van der Waals surface area contributed by atoms with Crippen molar-refractivity contribution in [3.8, 4) is 11.1 Å². The number of ether oxygens (including phenoxy) is 2. The summed E-state index contributed by atoms with van der Waals surface area (Å²) < 4.78 is 67.4. The molecule has 2 heterocycles. The third kappa shape index (κ3) is 4.31. The fourth-order valence-electron chi connectivity index (χ4n) is 5.31. The predicted molar refractivity (Wildman–Crippen MR) is 133 cm³/mol. The topological polar surface area (TPSA) is 110 Å². The molecule has 11 heteroatoms. The van der Waals surface area contributed by atoms with E-state index in [4.69, 9.17) is 9.47 Å². The summed E-state index contributed by atoms with van der Waals surface area (Å²) in [5.74, 6) is -0.387. The minimum absolute atomic E-state index is 0.0350. The second kappa shape index (κ2) is 9.00. The number of benzene rings is 2. The van der Waals surface area contributed by atoms with Crippen molar-refractivity contribution in [2.45, 2.75) is 61.9 Å². The average Bonchev–Trinajstić information content (AvgIpc) is 3.09. The summed E-state index contributed by atoms with van der Waals surface area (Å²) >= 11 is 0. The highest BCUT2D eigenvalue weighted by atomic mass is 32.2. The molecule has 0 spiro atoms. The van der Waals surface area contributed by atoms with E-state index in [0.717, 1.165) is 0 Å². The van der Waals surface area contributed by atoms with Gasteiger partial charge in [0.2, 0.25) is 20.0 Å². The van der Waals surface area contributed by atoms with E-state index < -0.39 is 20.0 Å². The molecule has 2 aromatic carbocycles. The van der Waals surface area contributed by atoms with E-state index in [0.29, 0.717) is 11.1 Å². The van der Waals surface area contributed by atoms with Gasteiger partial charge in [-0.1, -0.05) is 12.1 Å². The van der Waals surface area contributed by atoms with Gasteiger partial charge >= 0.3 is 0 Å². The Morgan fingerprint density at radius 2 is 0.944 bits per heavy atom. The highest BCUT2D eigenvalue weighted by Gasteiger charge is 2.37. The van der Waals surface area contributed by atoms with E-state index in [1.54, 1.807) is 12.1 Å². The number of nitrogens with zero attached hydrogens (tertiary/aromatic N) is 2. The van der Waals surface area contributed by atoms with Crippen molar-refractivity contribution in [3.05, 3.63) is 47.5 Å². The minimum Gasteiger partial charge on any atom is -0.373 e. The quantitative estimate of drug-likeness (QED) is 0.506. The van der Waals surface area contributed by atoms with Crippen molar-refractivity contribution >= 4 is 25.8 Å². The number of fused-ring (bicyclic) bond motifs is 3. The maximum Gasteiger partial charge on any atom is 0.243 e. The van der Waals surface area contributed by atoms with Gasteiger partial charge in [-0.25, -0.2) is 16.8 Å². The molecule has 4 unspecified atom stereocenters. The Morgan fingerprint density at radius 3 is 1.28 bits per heavy atom. The Bertz CT molecular complexity index is 1310. The Kier molecular flexibility index (Phi) is 6.37. The van der Waals surface area contributed by atoms with Crippen molar-refractivity contribution in [1.29, 1.82) is 0 Å². The van der Waals surface area contributed by atoms with Crippen molar-refractivity contribution in [1.82, 2.24) is 8.61 Å². The molecule has 0 radical (unpaired) electrons. The highest BCUT2D eigenvalue weighted by Crippen LogP contribution is 2.39. The molecule has 9 nitrogen and oxygen atoms in total. The summed E-state index contributed by atoms with van der Waals surface area (Å²) in [5.41, 5.74) is 1.69. The van der Waals surface area contributed by atoms with Gasteiger partial charge in [0, 0.05) is 37.3 Å². The summed E-state index contributed by atoms with van der Waals surface area (Å²) in [5, 5.41) is 0. The molecule has 2 saturated heterocycles. The van der Waals surface area contributed by atoms with Crippen LogP contribution in [0.1, 0.15) is 43.6 Å². The number of hydrogen-bond donors (Lipinski definition) is 0. The lowest BCUT2D eigenvalue weighted by atomic mass is 10.1. The zero-order chi connectivity index (χ0) is 26.0. The van der Waals surface area contributed by atoms with Gasteiger partial charge in [-0.15, -0.1) is 0 Å². The SMILES string of the molecule is CC1CN(S(=O)(=O)c2ccc3c(c2)C(=O)c2cc(S(=O)(=O)N4CC(C)OC(C)C4)ccc2-3)CC(C)O1. The number of sulfonamides is 2. The van der Waals surface area contributed by atoms with Crippen LogP contribution in [0.2, 0.25) is 0 Å². The summed E-state index contributed by atoms with van der Waals surface area (Å²) in [6, 6.07) is 9.05. The lowest BCUT2D eigenvalue weighted by Gasteiger charge is -2.34. The normalized spacial score (nSPS) is 27.6. The fraction of sp³-hybridized carbons (Fsp3) is 0.480. The number of ketones is 1. The van der Waals surface area contributed by atoms with Crippen LogP contribution in [-0.4, -0.2) is 81.8 Å². The zero-order valence-electron chi connectivity index (χ0n) is 20.7. The van der Waals surface area contributed by atoms with Crippen molar-refractivity contribution < 1.29 is 31.1 Å². The third-order valence-corrected chi connectivity index (χ3v) is 10.5. The Morgan fingerprint density at radius 1 is 0.611 bits per heavy atom. The smallest absolute Gasteiger partial charge is 0.243 e. The lowest BCUT2D eigenvalue weighted by molar-refractivity contribution is -0.0442. The van der Waals surface area contributed by atoms with Crippen LogP contribution in [0.25, 0.3) is 11.1 Å². The number of carbonyl (C=O) groups excluding carboxylic acids is 1. The molecule has 4 atom stereocenters. The second-order valence-electron chi connectivity index (χ2n) is 9.90. The number of hydrogen-bond acceptors (Lipinski definition) is 7. The fourth-order valence-corrected chi connectivity index (χ4v) is 8.54. The van der Waals surface area contributed by atoms with Crippen LogP contribution in [0.4, 0.5) is 0 Å².